The zero-order valence-electron chi connectivity index (χ0n) is 6.84. The van der Waals surface area contributed by atoms with Crippen LogP contribution in [0, 0.1) is 5.92 Å². The van der Waals surface area contributed by atoms with Crippen molar-refractivity contribution < 1.29 is 10.2 Å². The van der Waals surface area contributed by atoms with Crippen molar-refractivity contribution in [2.24, 2.45) is 5.92 Å². The Balaban J connectivity index is 3.56. The van der Waals surface area contributed by atoms with Crippen LogP contribution in [0.4, 0.5) is 0 Å². The van der Waals surface area contributed by atoms with Gasteiger partial charge in [-0.15, -0.1) is 0 Å². The highest BCUT2D eigenvalue weighted by molar-refractivity contribution is 4.65. The van der Waals surface area contributed by atoms with E-state index in [1.165, 1.54) is 0 Å². The molecule has 61 valence electrons. The first kappa shape index (κ1) is 9.92. The molecular weight excluding hydrogens is 128 g/mol. The summed E-state index contributed by atoms with van der Waals surface area (Å²) in [6.07, 6.45) is 2.32. The van der Waals surface area contributed by atoms with Crippen LogP contribution in [0.25, 0.3) is 0 Å². The Morgan fingerprint density at radius 2 is 2.00 bits per heavy atom. The molecule has 0 aliphatic heterocycles. The molecule has 0 bridgehead atoms. The predicted octanol–water partition coefficient (Wildman–Crippen LogP) is 1.60. The van der Waals surface area contributed by atoms with E-state index in [-0.39, 0.29) is 12.5 Å². The van der Waals surface area contributed by atoms with Gasteiger partial charge in [-0.25, -0.2) is 5.11 Å². The van der Waals surface area contributed by atoms with E-state index in [4.69, 9.17) is 5.11 Å². The normalized spacial score (nSPS) is 16.8. The second-order valence-electron chi connectivity index (χ2n) is 2.69. The van der Waals surface area contributed by atoms with Gasteiger partial charge in [0.05, 0.1) is 6.10 Å². The Labute approximate surface area is 62.9 Å². The molecule has 2 nitrogen and oxygen atoms in total. The van der Waals surface area contributed by atoms with E-state index in [0.717, 1.165) is 19.3 Å². The number of aliphatic hydroxyl groups excluding tert-OH is 1. The molecule has 0 saturated carbocycles. The highest BCUT2D eigenvalue weighted by atomic mass is 16.3. The van der Waals surface area contributed by atoms with E-state index in [2.05, 4.69) is 6.92 Å². The highest BCUT2D eigenvalue weighted by Crippen LogP contribution is 2.14. The Bertz CT molecular complexity index is 73.7. The summed E-state index contributed by atoms with van der Waals surface area (Å²) >= 11 is 0. The lowest BCUT2D eigenvalue weighted by atomic mass is 9.95. The predicted molar refractivity (Wildman–Crippen MR) is 40.2 cm³/mol. The Hall–Kier alpha value is -0.0800. The first-order valence-corrected chi connectivity index (χ1v) is 4.02. The van der Waals surface area contributed by atoms with Gasteiger partial charge in [0.15, 0.2) is 0 Å². The van der Waals surface area contributed by atoms with Crippen molar-refractivity contribution in [3.05, 3.63) is 0 Å². The zero-order valence-corrected chi connectivity index (χ0v) is 6.84. The van der Waals surface area contributed by atoms with Crippen LogP contribution in [0.15, 0.2) is 0 Å². The van der Waals surface area contributed by atoms with E-state index >= 15 is 0 Å². The molecule has 10 heavy (non-hydrogen) atoms. The maximum Gasteiger partial charge on any atom is 0.108 e. The molecule has 0 heterocycles. The lowest BCUT2D eigenvalue weighted by Gasteiger charge is -2.17. The second-order valence-corrected chi connectivity index (χ2v) is 2.69. The quantitative estimate of drug-likeness (QED) is 0.627. The molecule has 0 saturated heterocycles. The molecule has 0 aliphatic carbocycles. The standard InChI is InChI=1S/C8H17O2/c1-3-5-7(4-2)8(10)6-9/h7-8,10H,3-6H2,1-2H3. The number of rotatable bonds is 5. The molecule has 0 aromatic carbocycles. The molecule has 0 rings (SSSR count). The Morgan fingerprint density at radius 3 is 2.30 bits per heavy atom. The number of aliphatic hydroxyl groups is 1. The molecule has 2 unspecified atom stereocenters. The van der Waals surface area contributed by atoms with Crippen molar-refractivity contribution in [1.29, 1.82) is 0 Å². The third-order valence-corrected chi connectivity index (χ3v) is 1.90. The Morgan fingerprint density at radius 1 is 1.40 bits per heavy atom. The van der Waals surface area contributed by atoms with Crippen LogP contribution >= 0.6 is 0 Å². The number of hydrogen-bond donors (Lipinski definition) is 1. The van der Waals surface area contributed by atoms with Gasteiger partial charge >= 0.3 is 0 Å². The topological polar surface area (TPSA) is 40.1 Å². The molecule has 2 atom stereocenters. The summed E-state index contributed by atoms with van der Waals surface area (Å²) in [6, 6.07) is 0. The van der Waals surface area contributed by atoms with Crippen molar-refractivity contribution in [1.82, 2.24) is 0 Å². The third kappa shape index (κ3) is 3.18. The molecule has 2 heteroatoms. The SMILES string of the molecule is CCCC(CC)C(O)C[O]. The number of hydrogen-bond acceptors (Lipinski definition) is 1. The maximum atomic E-state index is 10.3. The minimum Gasteiger partial charge on any atom is -0.390 e. The third-order valence-electron chi connectivity index (χ3n) is 1.90. The van der Waals surface area contributed by atoms with Gasteiger partial charge in [0.1, 0.15) is 6.61 Å². The van der Waals surface area contributed by atoms with Gasteiger partial charge in [-0.1, -0.05) is 26.7 Å². The summed E-state index contributed by atoms with van der Waals surface area (Å²) in [5.41, 5.74) is 0. The molecule has 0 aliphatic rings. The van der Waals surface area contributed by atoms with Crippen molar-refractivity contribution in [3.8, 4) is 0 Å². The van der Waals surface area contributed by atoms with E-state index in [1.54, 1.807) is 0 Å². The van der Waals surface area contributed by atoms with Gasteiger partial charge in [-0.3, -0.25) is 0 Å². The van der Waals surface area contributed by atoms with Crippen LogP contribution in [-0.2, 0) is 5.11 Å². The Kier molecular flexibility index (Phi) is 5.64. The van der Waals surface area contributed by atoms with Crippen molar-refractivity contribution in [2.75, 3.05) is 6.61 Å². The summed E-state index contributed by atoms with van der Waals surface area (Å²) in [5.74, 6) is 0.225. The zero-order chi connectivity index (χ0) is 7.98. The van der Waals surface area contributed by atoms with E-state index in [1.807, 2.05) is 6.92 Å². The molecule has 1 N–H and O–H groups in total. The smallest absolute Gasteiger partial charge is 0.108 e. The molecule has 0 amide bonds. The summed E-state index contributed by atoms with van der Waals surface area (Å²) in [7, 11) is 0. The molecular formula is C8H17O2. The van der Waals surface area contributed by atoms with Crippen LogP contribution < -0.4 is 0 Å². The average molecular weight is 145 g/mol. The minimum absolute atomic E-state index is 0.225. The van der Waals surface area contributed by atoms with Crippen LogP contribution in [-0.4, -0.2) is 17.8 Å². The summed E-state index contributed by atoms with van der Waals surface area (Å²) in [4.78, 5) is 0. The van der Waals surface area contributed by atoms with E-state index in [0.29, 0.717) is 0 Å². The van der Waals surface area contributed by atoms with E-state index in [9.17, 15) is 5.11 Å². The first-order valence-electron chi connectivity index (χ1n) is 4.02. The van der Waals surface area contributed by atoms with E-state index < -0.39 is 6.10 Å². The fourth-order valence-electron chi connectivity index (χ4n) is 1.18. The van der Waals surface area contributed by atoms with Crippen molar-refractivity contribution in [3.63, 3.8) is 0 Å². The second kappa shape index (κ2) is 5.69. The molecule has 0 aromatic heterocycles. The fourth-order valence-corrected chi connectivity index (χ4v) is 1.18. The van der Waals surface area contributed by atoms with Crippen molar-refractivity contribution in [2.45, 2.75) is 39.2 Å². The van der Waals surface area contributed by atoms with Crippen LogP contribution in [0.2, 0.25) is 0 Å². The van der Waals surface area contributed by atoms with Gasteiger partial charge in [0.2, 0.25) is 0 Å². The summed E-state index contributed by atoms with van der Waals surface area (Å²) < 4.78 is 0. The molecule has 0 fully saturated rings. The van der Waals surface area contributed by atoms with Gasteiger partial charge in [-0.05, 0) is 12.3 Å². The first-order chi connectivity index (χ1) is 4.76. The monoisotopic (exact) mass is 145 g/mol. The fraction of sp³-hybridized carbons (Fsp3) is 1.00. The van der Waals surface area contributed by atoms with Crippen LogP contribution in [0.5, 0.6) is 0 Å². The molecule has 0 spiro atoms. The minimum atomic E-state index is -0.620. The van der Waals surface area contributed by atoms with Crippen LogP contribution in [0.1, 0.15) is 33.1 Å². The van der Waals surface area contributed by atoms with Gasteiger partial charge < -0.3 is 5.11 Å². The lowest BCUT2D eigenvalue weighted by molar-refractivity contribution is 0.0127. The van der Waals surface area contributed by atoms with Gasteiger partial charge in [0.25, 0.3) is 0 Å². The summed E-state index contributed by atoms with van der Waals surface area (Å²) in [5, 5.41) is 19.4. The highest BCUT2D eigenvalue weighted by Gasteiger charge is 2.15. The average Bonchev–Trinajstić information content (AvgIpc) is 1.99. The van der Waals surface area contributed by atoms with Crippen molar-refractivity contribution >= 4 is 0 Å². The largest absolute Gasteiger partial charge is 0.390 e. The van der Waals surface area contributed by atoms with Gasteiger partial charge in [0, 0.05) is 0 Å². The van der Waals surface area contributed by atoms with Gasteiger partial charge in [-0.2, -0.15) is 0 Å². The maximum absolute atomic E-state index is 10.3. The molecule has 0 aromatic rings. The van der Waals surface area contributed by atoms with Crippen LogP contribution in [0.3, 0.4) is 0 Å². The lowest BCUT2D eigenvalue weighted by Crippen LogP contribution is -2.22. The molecule has 1 radical (unpaired) electrons. The summed E-state index contributed by atoms with van der Waals surface area (Å²) in [6.45, 7) is 3.73.